The zero-order valence-electron chi connectivity index (χ0n) is 12.0. The molecule has 3 nitrogen and oxygen atoms in total. The van der Waals surface area contributed by atoms with Crippen molar-refractivity contribution in [2.75, 3.05) is 18.0 Å². The number of hydrogen-bond donors (Lipinski definition) is 0. The van der Waals surface area contributed by atoms with Gasteiger partial charge in [0.25, 0.3) is 0 Å². The summed E-state index contributed by atoms with van der Waals surface area (Å²) >= 11 is 3.60. The number of aryl methyl sites for hydroxylation is 2. The molecule has 102 valence electrons. The highest BCUT2D eigenvalue weighted by molar-refractivity contribution is 9.08. The summed E-state index contributed by atoms with van der Waals surface area (Å²) in [5, 5.41) is 5.46. The van der Waals surface area contributed by atoms with E-state index in [4.69, 9.17) is 0 Å². The molecule has 1 aromatic heterocycles. The summed E-state index contributed by atoms with van der Waals surface area (Å²) in [5.41, 5.74) is 2.97. The molecule has 0 aromatic carbocycles. The average Bonchev–Trinajstić information content (AvgIpc) is 2.45. The number of anilines is 1. The van der Waals surface area contributed by atoms with Crippen molar-refractivity contribution >= 4 is 21.7 Å². The molecule has 0 aliphatic carbocycles. The molecule has 18 heavy (non-hydrogen) atoms. The predicted molar refractivity (Wildman–Crippen MR) is 80.4 cm³/mol. The largest absolute Gasteiger partial charge is 0.357 e. The van der Waals surface area contributed by atoms with Gasteiger partial charge in [0.2, 0.25) is 0 Å². The number of nitrogens with zero attached hydrogens (tertiary/aromatic N) is 3. The SMILES string of the molecule is Cc1nn(C)c(N2CCCC(C)(C)CC2)c1CBr. The molecule has 1 fully saturated rings. The van der Waals surface area contributed by atoms with E-state index in [1.54, 1.807) is 0 Å². The normalized spacial score (nSPS) is 19.9. The maximum absolute atomic E-state index is 4.57. The Morgan fingerprint density at radius 3 is 2.67 bits per heavy atom. The van der Waals surface area contributed by atoms with E-state index in [0.29, 0.717) is 5.41 Å². The highest BCUT2D eigenvalue weighted by Gasteiger charge is 2.26. The van der Waals surface area contributed by atoms with Gasteiger partial charge in [0.05, 0.1) is 5.69 Å². The summed E-state index contributed by atoms with van der Waals surface area (Å²) < 4.78 is 2.05. The van der Waals surface area contributed by atoms with Crippen molar-refractivity contribution in [2.45, 2.75) is 45.4 Å². The monoisotopic (exact) mass is 313 g/mol. The first-order valence-corrected chi connectivity index (χ1v) is 7.90. The van der Waals surface area contributed by atoms with Gasteiger partial charge in [0.15, 0.2) is 0 Å². The molecule has 0 spiro atoms. The third kappa shape index (κ3) is 2.73. The van der Waals surface area contributed by atoms with Crippen LogP contribution in [0.2, 0.25) is 0 Å². The Bertz CT molecular complexity index is 423. The average molecular weight is 314 g/mol. The molecule has 1 saturated heterocycles. The smallest absolute Gasteiger partial charge is 0.130 e. The van der Waals surface area contributed by atoms with Gasteiger partial charge >= 0.3 is 0 Å². The van der Waals surface area contributed by atoms with Crippen molar-refractivity contribution in [3.8, 4) is 0 Å². The second-order valence-electron chi connectivity index (χ2n) is 6.15. The number of halogens is 1. The fourth-order valence-electron chi connectivity index (χ4n) is 2.88. The van der Waals surface area contributed by atoms with Crippen LogP contribution < -0.4 is 4.90 Å². The van der Waals surface area contributed by atoms with Gasteiger partial charge < -0.3 is 4.90 Å². The van der Waals surface area contributed by atoms with Crippen LogP contribution in [0.25, 0.3) is 0 Å². The fourth-order valence-corrected chi connectivity index (χ4v) is 3.53. The topological polar surface area (TPSA) is 21.1 Å². The molecule has 0 saturated carbocycles. The van der Waals surface area contributed by atoms with Gasteiger partial charge in [-0.2, -0.15) is 5.10 Å². The standard InChI is InChI=1S/C14H24BrN3/c1-11-12(10-15)13(17(4)16-11)18-8-5-6-14(2,3)7-9-18/h5-10H2,1-4H3. The number of hydrogen-bond acceptors (Lipinski definition) is 2. The molecule has 2 rings (SSSR count). The van der Waals surface area contributed by atoms with Gasteiger partial charge in [-0.25, -0.2) is 0 Å². The summed E-state index contributed by atoms with van der Waals surface area (Å²) in [7, 11) is 2.06. The molecule has 0 amide bonds. The zero-order chi connectivity index (χ0) is 13.3. The van der Waals surface area contributed by atoms with Gasteiger partial charge in [-0.05, 0) is 31.6 Å². The van der Waals surface area contributed by atoms with Crippen LogP contribution in [-0.4, -0.2) is 22.9 Å². The van der Waals surface area contributed by atoms with Crippen LogP contribution in [0.3, 0.4) is 0 Å². The summed E-state index contributed by atoms with van der Waals surface area (Å²) in [6.07, 6.45) is 3.86. The van der Waals surface area contributed by atoms with Crippen LogP contribution in [0.4, 0.5) is 5.82 Å². The van der Waals surface area contributed by atoms with E-state index < -0.39 is 0 Å². The first kappa shape index (κ1) is 13.9. The van der Waals surface area contributed by atoms with Crippen molar-refractivity contribution in [2.24, 2.45) is 12.5 Å². The predicted octanol–water partition coefficient (Wildman–Crippen LogP) is 3.64. The summed E-state index contributed by atoms with van der Waals surface area (Å²) in [6.45, 7) is 9.17. The first-order chi connectivity index (χ1) is 8.44. The molecule has 0 atom stereocenters. The Labute approximate surface area is 119 Å². The molecule has 1 aliphatic heterocycles. The molecular weight excluding hydrogens is 290 g/mol. The fraction of sp³-hybridized carbons (Fsp3) is 0.786. The highest BCUT2D eigenvalue weighted by Crippen LogP contribution is 2.33. The third-order valence-electron chi connectivity index (χ3n) is 4.09. The van der Waals surface area contributed by atoms with Crippen molar-refractivity contribution < 1.29 is 0 Å². The molecule has 0 unspecified atom stereocenters. The van der Waals surface area contributed by atoms with E-state index in [1.165, 1.54) is 30.6 Å². The van der Waals surface area contributed by atoms with Crippen molar-refractivity contribution in [1.29, 1.82) is 0 Å². The Morgan fingerprint density at radius 2 is 2.00 bits per heavy atom. The highest BCUT2D eigenvalue weighted by atomic mass is 79.9. The lowest BCUT2D eigenvalue weighted by atomic mass is 9.85. The summed E-state index contributed by atoms with van der Waals surface area (Å²) in [4.78, 5) is 2.52. The Morgan fingerprint density at radius 1 is 1.28 bits per heavy atom. The van der Waals surface area contributed by atoms with Crippen LogP contribution in [0.5, 0.6) is 0 Å². The number of aromatic nitrogens is 2. The Kier molecular flexibility index (Phi) is 4.05. The zero-order valence-corrected chi connectivity index (χ0v) is 13.5. The van der Waals surface area contributed by atoms with E-state index in [1.807, 2.05) is 4.68 Å². The van der Waals surface area contributed by atoms with Crippen LogP contribution >= 0.6 is 15.9 Å². The lowest BCUT2D eigenvalue weighted by Crippen LogP contribution is -2.28. The van der Waals surface area contributed by atoms with Crippen LogP contribution in [0, 0.1) is 12.3 Å². The minimum absolute atomic E-state index is 0.483. The molecule has 0 bridgehead atoms. The molecule has 4 heteroatoms. The molecular formula is C14H24BrN3. The number of rotatable bonds is 2. The Balaban J connectivity index is 2.26. The molecule has 0 radical (unpaired) electrons. The minimum atomic E-state index is 0.483. The molecule has 1 aromatic rings. The first-order valence-electron chi connectivity index (χ1n) is 6.78. The van der Waals surface area contributed by atoms with Gasteiger partial charge in [-0.1, -0.05) is 29.8 Å². The van der Waals surface area contributed by atoms with E-state index >= 15 is 0 Å². The van der Waals surface area contributed by atoms with E-state index in [0.717, 1.165) is 24.1 Å². The summed E-state index contributed by atoms with van der Waals surface area (Å²) in [5.74, 6) is 1.31. The van der Waals surface area contributed by atoms with Crippen LogP contribution in [0.15, 0.2) is 0 Å². The maximum Gasteiger partial charge on any atom is 0.130 e. The van der Waals surface area contributed by atoms with Gasteiger partial charge in [0, 0.05) is 31.0 Å². The quantitative estimate of drug-likeness (QED) is 0.777. The van der Waals surface area contributed by atoms with Crippen LogP contribution in [-0.2, 0) is 12.4 Å². The molecule has 1 aliphatic rings. The van der Waals surface area contributed by atoms with E-state index in [2.05, 4.69) is 53.7 Å². The lowest BCUT2D eigenvalue weighted by molar-refractivity contribution is 0.325. The second-order valence-corrected chi connectivity index (χ2v) is 6.71. The van der Waals surface area contributed by atoms with E-state index in [-0.39, 0.29) is 0 Å². The van der Waals surface area contributed by atoms with Crippen molar-refractivity contribution in [3.05, 3.63) is 11.3 Å². The lowest BCUT2D eigenvalue weighted by Gasteiger charge is -2.25. The van der Waals surface area contributed by atoms with Gasteiger partial charge in [-0.15, -0.1) is 0 Å². The summed E-state index contributed by atoms with van der Waals surface area (Å²) in [6, 6.07) is 0. The van der Waals surface area contributed by atoms with Crippen molar-refractivity contribution in [3.63, 3.8) is 0 Å². The number of alkyl halides is 1. The second kappa shape index (κ2) is 5.24. The van der Waals surface area contributed by atoms with Crippen LogP contribution in [0.1, 0.15) is 44.4 Å². The minimum Gasteiger partial charge on any atom is -0.357 e. The molecule has 2 heterocycles. The van der Waals surface area contributed by atoms with Gasteiger partial charge in [0.1, 0.15) is 5.82 Å². The Hall–Kier alpha value is -0.510. The molecule has 0 N–H and O–H groups in total. The van der Waals surface area contributed by atoms with E-state index in [9.17, 15) is 0 Å². The van der Waals surface area contributed by atoms with Crippen molar-refractivity contribution in [1.82, 2.24) is 9.78 Å². The maximum atomic E-state index is 4.57. The third-order valence-corrected chi connectivity index (χ3v) is 4.65. The van der Waals surface area contributed by atoms with Gasteiger partial charge in [-0.3, -0.25) is 4.68 Å².